The Kier molecular flexibility index (Phi) is 5.24. The molecular formula is C20H17ClF3N7OS. The van der Waals surface area contributed by atoms with E-state index in [1.54, 1.807) is 13.2 Å². The van der Waals surface area contributed by atoms with Crippen molar-refractivity contribution in [2.75, 3.05) is 5.75 Å². The zero-order valence-corrected chi connectivity index (χ0v) is 19.0. The molecule has 0 radical (unpaired) electrons. The molecule has 0 saturated heterocycles. The lowest BCUT2D eigenvalue weighted by atomic mass is 10.2. The monoisotopic (exact) mass is 495 g/mol. The van der Waals surface area contributed by atoms with Crippen LogP contribution in [-0.2, 0) is 13.2 Å². The third kappa shape index (κ3) is 3.80. The van der Waals surface area contributed by atoms with Crippen molar-refractivity contribution in [2.24, 2.45) is 7.05 Å². The molecule has 5 rings (SSSR count). The summed E-state index contributed by atoms with van der Waals surface area (Å²) < 4.78 is 45.0. The van der Waals surface area contributed by atoms with E-state index < -0.39 is 23.5 Å². The van der Waals surface area contributed by atoms with Crippen LogP contribution in [0.4, 0.5) is 13.2 Å². The predicted octanol–water partition coefficient (Wildman–Crippen LogP) is 4.50. The van der Waals surface area contributed by atoms with Gasteiger partial charge in [-0.15, -0.1) is 16.9 Å². The normalized spacial score (nSPS) is 14.4. The van der Waals surface area contributed by atoms with Crippen molar-refractivity contribution in [1.29, 1.82) is 0 Å². The summed E-state index contributed by atoms with van der Waals surface area (Å²) in [6.45, 7) is 1.96. The van der Waals surface area contributed by atoms with Crippen LogP contribution in [0.5, 0.6) is 0 Å². The van der Waals surface area contributed by atoms with E-state index in [4.69, 9.17) is 11.6 Å². The van der Waals surface area contributed by atoms with Gasteiger partial charge >= 0.3 is 6.18 Å². The molecule has 33 heavy (non-hydrogen) atoms. The topological polar surface area (TPSA) is 83.4 Å². The largest absolute Gasteiger partial charge is 0.431 e. The van der Waals surface area contributed by atoms with Gasteiger partial charge < -0.3 is 4.57 Å². The number of halogens is 4. The number of hydrogen-bond acceptors (Lipinski definition) is 6. The lowest BCUT2D eigenvalue weighted by Gasteiger charge is -2.15. The molecule has 0 unspecified atom stereocenters. The molecule has 4 heterocycles. The quantitative estimate of drug-likeness (QED) is 0.379. The third-order valence-electron chi connectivity index (χ3n) is 5.36. The van der Waals surface area contributed by atoms with Crippen LogP contribution in [0.2, 0.25) is 5.28 Å². The van der Waals surface area contributed by atoms with Gasteiger partial charge in [0.15, 0.2) is 5.82 Å². The smallest absolute Gasteiger partial charge is 0.321 e. The van der Waals surface area contributed by atoms with Crippen LogP contribution in [0, 0.1) is 0 Å². The highest BCUT2D eigenvalue weighted by Crippen LogP contribution is 2.40. The molecule has 1 aliphatic rings. The Morgan fingerprint density at radius 2 is 2.00 bits per heavy atom. The van der Waals surface area contributed by atoms with Crippen LogP contribution in [-0.4, -0.2) is 39.6 Å². The highest BCUT2D eigenvalue weighted by molar-refractivity contribution is 7.99. The fourth-order valence-electron chi connectivity index (χ4n) is 3.78. The first kappa shape index (κ1) is 22.0. The molecule has 0 bridgehead atoms. The lowest BCUT2D eigenvalue weighted by molar-refractivity contribution is -0.144. The Balaban J connectivity index is 1.71. The second-order valence-corrected chi connectivity index (χ2v) is 9.24. The van der Waals surface area contributed by atoms with Crippen LogP contribution < -0.4 is 5.56 Å². The molecule has 8 nitrogen and oxygen atoms in total. The zero-order valence-electron chi connectivity index (χ0n) is 17.5. The van der Waals surface area contributed by atoms with E-state index in [-0.39, 0.29) is 16.3 Å². The summed E-state index contributed by atoms with van der Waals surface area (Å²) in [6.07, 6.45) is -0.566. The van der Waals surface area contributed by atoms with Crippen LogP contribution in [0.3, 0.4) is 0 Å². The minimum atomic E-state index is -4.66. The van der Waals surface area contributed by atoms with Gasteiger partial charge in [0, 0.05) is 18.0 Å². The van der Waals surface area contributed by atoms with Gasteiger partial charge in [0.1, 0.15) is 23.2 Å². The second kappa shape index (κ2) is 7.87. The molecule has 0 amide bonds. The Morgan fingerprint density at radius 1 is 1.24 bits per heavy atom. The molecule has 0 spiro atoms. The van der Waals surface area contributed by atoms with Gasteiger partial charge in [0.2, 0.25) is 5.28 Å². The number of nitrogens with zero attached hydrogens (tertiary/aromatic N) is 7. The van der Waals surface area contributed by atoms with Crippen molar-refractivity contribution in [3.8, 4) is 17.2 Å². The fraction of sp³-hybridized carbons (Fsp3) is 0.350. The van der Waals surface area contributed by atoms with E-state index in [1.165, 1.54) is 27.3 Å². The Bertz CT molecular complexity index is 1440. The van der Waals surface area contributed by atoms with Crippen molar-refractivity contribution >= 4 is 34.4 Å². The SMILES string of the molecule is CCSc1cc(-n2cnc(Cl)n2)cnc1-c1nc2cc(C(F)(F)F)n(C3CC3)c(=O)c2n1C. The minimum Gasteiger partial charge on any atom is -0.321 e. The number of alkyl halides is 3. The van der Waals surface area contributed by atoms with Crippen LogP contribution in [0.1, 0.15) is 31.5 Å². The van der Waals surface area contributed by atoms with E-state index in [1.807, 2.05) is 13.0 Å². The van der Waals surface area contributed by atoms with Gasteiger partial charge in [0.25, 0.3) is 5.56 Å². The van der Waals surface area contributed by atoms with Crippen LogP contribution in [0.25, 0.3) is 28.2 Å². The van der Waals surface area contributed by atoms with E-state index in [2.05, 4.69) is 20.1 Å². The van der Waals surface area contributed by atoms with Gasteiger partial charge in [-0.1, -0.05) is 6.92 Å². The number of imidazole rings is 1. The average Bonchev–Trinajstić information content (AvgIpc) is 3.41. The lowest BCUT2D eigenvalue weighted by Crippen LogP contribution is -2.28. The standard InChI is InChI=1S/C20H17ClF3N7OS/c1-3-33-13-6-11(30-9-26-19(21)28-30)8-25-15(13)17-27-12-7-14(20(22,23)24)31(10-4-5-10)18(32)16(12)29(17)2/h6-10H,3-5H2,1-2H3. The predicted molar refractivity (Wildman–Crippen MR) is 118 cm³/mol. The molecular weight excluding hydrogens is 479 g/mol. The van der Waals surface area contributed by atoms with Crippen molar-refractivity contribution in [2.45, 2.75) is 36.9 Å². The van der Waals surface area contributed by atoms with Gasteiger partial charge in [-0.3, -0.25) is 9.36 Å². The summed E-state index contributed by atoms with van der Waals surface area (Å²) in [7, 11) is 1.61. The second-order valence-electron chi connectivity index (χ2n) is 7.59. The molecule has 4 aromatic rings. The molecule has 172 valence electrons. The van der Waals surface area contributed by atoms with Crippen LogP contribution in [0.15, 0.2) is 34.3 Å². The highest BCUT2D eigenvalue weighted by Gasteiger charge is 2.40. The number of hydrogen-bond donors (Lipinski definition) is 0. The number of aromatic nitrogens is 7. The van der Waals surface area contributed by atoms with Crippen molar-refractivity contribution in [1.82, 2.24) is 33.9 Å². The minimum absolute atomic E-state index is 0.0110. The first-order chi connectivity index (χ1) is 15.7. The molecule has 1 saturated carbocycles. The van der Waals surface area contributed by atoms with Crippen molar-refractivity contribution in [3.05, 3.63) is 46.0 Å². The summed E-state index contributed by atoms with van der Waals surface area (Å²) in [5, 5.41) is 4.15. The first-order valence-corrected chi connectivity index (χ1v) is 11.4. The summed E-state index contributed by atoms with van der Waals surface area (Å²) in [4.78, 5) is 26.7. The van der Waals surface area contributed by atoms with E-state index >= 15 is 0 Å². The highest BCUT2D eigenvalue weighted by atomic mass is 35.5. The number of aryl methyl sites for hydroxylation is 1. The molecule has 0 atom stereocenters. The fourth-order valence-corrected chi connectivity index (χ4v) is 4.70. The van der Waals surface area contributed by atoms with Gasteiger partial charge in [-0.25, -0.2) is 19.6 Å². The summed E-state index contributed by atoms with van der Waals surface area (Å²) in [5.41, 5.74) is -0.483. The van der Waals surface area contributed by atoms with E-state index in [0.29, 0.717) is 35.8 Å². The number of fused-ring (bicyclic) bond motifs is 1. The summed E-state index contributed by atoms with van der Waals surface area (Å²) in [6, 6.07) is 2.34. The van der Waals surface area contributed by atoms with Crippen molar-refractivity contribution in [3.63, 3.8) is 0 Å². The molecule has 0 N–H and O–H groups in total. The number of thioether (sulfide) groups is 1. The Morgan fingerprint density at radius 3 is 2.61 bits per heavy atom. The summed E-state index contributed by atoms with van der Waals surface area (Å²) in [5.74, 6) is 1.02. The Labute approximate surface area is 194 Å². The van der Waals surface area contributed by atoms with E-state index in [9.17, 15) is 18.0 Å². The van der Waals surface area contributed by atoms with Gasteiger partial charge in [-0.2, -0.15) is 13.2 Å². The van der Waals surface area contributed by atoms with Gasteiger partial charge in [0.05, 0.1) is 17.4 Å². The summed E-state index contributed by atoms with van der Waals surface area (Å²) >= 11 is 7.30. The molecule has 1 aliphatic carbocycles. The molecule has 0 aliphatic heterocycles. The molecule has 0 aromatic carbocycles. The zero-order chi connectivity index (χ0) is 23.5. The van der Waals surface area contributed by atoms with Gasteiger partial charge in [-0.05, 0) is 42.3 Å². The Hall–Kier alpha value is -2.86. The first-order valence-electron chi connectivity index (χ1n) is 10.1. The molecule has 13 heteroatoms. The maximum Gasteiger partial charge on any atom is 0.431 e. The van der Waals surface area contributed by atoms with Crippen LogP contribution >= 0.6 is 23.4 Å². The van der Waals surface area contributed by atoms with Crippen molar-refractivity contribution < 1.29 is 13.2 Å². The third-order valence-corrected chi connectivity index (χ3v) is 6.44. The number of rotatable bonds is 5. The number of pyridine rings is 2. The molecule has 1 fully saturated rings. The van der Waals surface area contributed by atoms with E-state index in [0.717, 1.165) is 15.5 Å². The maximum atomic E-state index is 13.7. The average molecular weight is 496 g/mol. The maximum absolute atomic E-state index is 13.7. The molecule has 4 aromatic heterocycles.